The largest absolute Gasteiger partial charge is 0.390 e. The van der Waals surface area contributed by atoms with Crippen LogP contribution in [-0.2, 0) is 6.42 Å². The van der Waals surface area contributed by atoms with E-state index in [1.54, 1.807) is 0 Å². The van der Waals surface area contributed by atoms with Crippen molar-refractivity contribution in [1.82, 2.24) is 10.1 Å². The Morgan fingerprint density at radius 1 is 1.37 bits per heavy atom. The molecule has 1 aliphatic rings. The van der Waals surface area contributed by atoms with Gasteiger partial charge in [-0.2, -0.15) is 4.98 Å². The Morgan fingerprint density at radius 3 is 2.89 bits per heavy atom. The molecule has 2 N–H and O–H groups in total. The Kier molecular flexibility index (Phi) is 2.98. The highest BCUT2D eigenvalue weighted by molar-refractivity contribution is 5.41. The molecule has 0 spiro atoms. The average molecular weight is 259 g/mol. The number of nitrogens with zero attached hydrogens (tertiary/aromatic N) is 2. The third-order valence-electron chi connectivity index (χ3n) is 3.44. The van der Waals surface area contributed by atoms with Gasteiger partial charge in [0.05, 0.1) is 12.1 Å². The second-order valence-electron chi connectivity index (χ2n) is 5.20. The van der Waals surface area contributed by atoms with E-state index in [2.05, 4.69) is 15.5 Å². The molecule has 0 radical (unpaired) electrons. The number of benzene rings is 1. The number of aliphatic hydroxyl groups excluding tert-OH is 1. The van der Waals surface area contributed by atoms with Crippen LogP contribution in [0.25, 0.3) is 0 Å². The van der Waals surface area contributed by atoms with Crippen LogP contribution in [0.15, 0.2) is 28.8 Å². The molecule has 19 heavy (non-hydrogen) atoms. The molecule has 1 aromatic heterocycles. The number of nitrogens with one attached hydrogen (secondary N) is 1. The summed E-state index contributed by atoms with van der Waals surface area (Å²) >= 11 is 0. The first kappa shape index (κ1) is 12.2. The number of fused-ring (bicyclic) bond motifs is 1. The fourth-order valence-electron chi connectivity index (χ4n) is 2.41. The van der Waals surface area contributed by atoms with Gasteiger partial charge in [-0.05, 0) is 11.1 Å². The molecule has 0 saturated heterocycles. The maximum absolute atomic E-state index is 10.1. The topological polar surface area (TPSA) is 71.2 Å². The molecule has 0 aliphatic heterocycles. The molecule has 0 unspecified atom stereocenters. The number of aromatic nitrogens is 2. The van der Waals surface area contributed by atoms with Crippen LogP contribution in [0.3, 0.4) is 0 Å². The van der Waals surface area contributed by atoms with Gasteiger partial charge < -0.3 is 14.9 Å². The van der Waals surface area contributed by atoms with Gasteiger partial charge in [0.1, 0.15) is 0 Å². The van der Waals surface area contributed by atoms with Crippen molar-refractivity contribution in [2.75, 3.05) is 5.32 Å². The molecule has 1 aromatic carbocycles. The fourth-order valence-corrected chi connectivity index (χ4v) is 2.41. The lowest BCUT2D eigenvalue weighted by molar-refractivity contribution is 0.164. The van der Waals surface area contributed by atoms with Gasteiger partial charge in [-0.15, -0.1) is 0 Å². The minimum Gasteiger partial charge on any atom is -0.390 e. The van der Waals surface area contributed by atoms with E-state index in [1.165, 1.54) is 0 Å². The van der Waals surface area contributed by atoms with Gasteiger partial charge in [0.15, 0.2) is 5.82 Å². The number of rotatable bonds is 3. The zero-order valence-corrected chi connectivity index (χ0v) is 11.0. The van der Waals surface area contributed by atoms with Gasteiger partial charge in [-0.25, -0.2) is 0 Å². The summed E-state index contributed by atoms with van der Waals surface area (Å²) in [4.78, 5) is 4.28. The molecular formula is C14H17N3O2. The standard InChI is InChI=1S/C14H17N3O2/c1-8(2)13-16-14(19-17-13)15-12-10-6-4-3-5-9(10)7-11(12)18/h3-6,8,11-12,18H,7H2,1-2H3,(H,15,16,17)/t11-,12+/m1/s1. The highest BCUT2D eigenvalue weighted by atomic mass is 16.5. The van der Waals surface area contributed by atoms with E-state index in [0.717, 1.165) is 11.1 Å². The lowest BCUT2D eigenvalue weighted by Crippen LogP contribution is -2.21. The highest BCUT2D eigenvalue weighted by Crippen LogP contribution is 2.33. The van der Waals surface area contributed by atoms with E-state index >= 15 is 0 Å². The van der Waals surface area contributed by atoms with Crippen molar-refractivity contribution in [3.8, 4) is 0 Å². The van der Waals surface area contributed by atoms with Crippen molar-refractivity contribution in [2.45, 2.75) is 38.3 Å². The number of aliphatic hydroxyl groups is 1. The summed E-state index contributed by atoms with van der Waals surface area (Å²) in [7, 11) is 0. The van der Waals surface area contributed by atoms with Gasteiger partial charge in [-0.3, -0.25) is 0 Å². The zero-order chi connectivity index (χ0) is 13.4. The highest BCUT2D eigenvalue weighted by Gasteiger charge is 2.31. The fraction of sp³-hybridized carbons (Fsp3) is 0.429. The van der Waals surface area contributed by atoms with Gasteiger partial charge in [0.2, 0.25) is 0 Å². The number of hydrogen-bond acceptors (Lipinski definition) is 5. The molecule has 1 heterocycles. The predicted molar refractivity (Wildman–Crippen MR) is 70.9 cm³/mol. The van der Waals surface area contributed by atoms with E-state index in [1.807, 2.05) is 38.1 Å². The maximum atomic E-state index is 10.1. The Labute approximate surface area is 111 Å². The normalized spacial score (nSPS) is 21.7. The van der Waals surface area contributed by atoms with Gasteiger partial charge >= 0.3 is 6.01 Å². The molecule has 5 heteroatoms. The molecule has 2 aromatic rings. The maximum Gasteiger partial charge on any atom is 0.322 e. The minimum atomic E-state index is -0.466. The van der Waals surface area contributed by atoms with Crippen molar-refractivity contribution in [2.24, 2.45) is 0 Å². The van der Waals surface area contributed by atoms with Crippen LogP contribution in [0.4, 0.5) is 6.01 Å². The van der Waals surface area contributed by atoms with Gasteiger partial charge in [0, 0.05) is 12.3 Å². The lowest BCUT2D eigenvalue weighted by Gasteiger charge is -2.15. The first-order valence-electron chi connectivity index (χ1n) is 6.51. The van der Waals surface area contributed by atoms with Crippen molar-refractivity contribution >= 4 is 6.01 Å². The van der Waals surface area contributed by atoms with Crippen LogP contribution in [-0.4, -0.2) is 21.4 Å². The summed E-state index contributed by atoms with van der Waals surface area (Å²) in [5.74, 6) is 0.892. The summed E-state index contributed by atoms with van der Waals surface area (Å²) in [6.07, 6.45) is 0.186. The third kappa shape index (κ3) is 2.21. The Hall–Kier alpha value is -1.88. The zero-order valence-electron chi connectivity index (χ0n) is 11.0. The van der Waals surface area contributed by atoms with Crippen LogP contribution in [0, 0.1) is 0 Å². The van der Waals surface area contributed by atoms with Crippen LogP contribution < -0.4 is 5.32 Å². The van der Waals surface area contributed by atoms with Crippen LogP contribution in [0.1, 0.15) is 42.8 Å². The smallest absolute Gasteiger partial charge is 0.322 e. The summed E-state index contributed by atoms with van der Waals surface area (Å²) < 4.78 is 5.17. The molecular weight excluding hydrogens is 242 g/mol. The third-order valence-corrected chi connectivity index (χ3v) is 3.44. The monoisotopic (exact) mass is 259 g/mol. The Morgan fingerprint density at radius 2 is 2.16 bits per heavy atom. The lowest BCUT2D eigenvalue weighted by atomic mass is 10.1. The van der Waals surface area contributed by atoms with Crippen molar-refractivity contribution < 1.29 is 9.63 Å². The van der Waals surface area contributed by atoms with E-state index in [-0.39, 0.29) is 12.0 Å². The van der Waals surface area contributed by atoms with Crippen LogP contribution in [0.5, 0.6) is 0 Å². The van der Waals surface area contributed by atoms with Gasteiger partial charge in [-0.1, -0.05) is 43.3 Å². The molecule has 100 valence electrons. The molecule has 0 saturated carbocycles. The minimum absolute atomic E-state index is 0.184. The molecule has 0 fully saturated rings. The quantitative estimate of drug-likeness (QED) is 0.884. The Bertz CT molecular complexity index is 580. The van der Waals surface area contributed by atoms with E-state index in [4.69, 9.17) is 4.52 Å². The average Bonchev–Trinajstić information content (AvgIpc) is 2.96. The summed E-state index contributed by atoms with van der Waals surface area (Å²) in [6.45, 7) is 4.02. The second-order valence-corrected chi connectivity index (χ2v) is 5.20. The van der Waals surface area contributed by atoms with Gasteiger partial charge in [0.25, 0.3) is 0 Å². The predicted octanol–water partition coefficient (Wildman–Crippen LogP) is 2.26. The van der Waals surface area contributed by atoms with E-state index < -0.39 is 6.10 Å². The number of hydrogen-bond donors (Lipinski definition) is 2. The Balaban J connectivity index is 1.83. The summed E-state index contributed by atoms with van der Waals surface area (Å²) in [5, 5.41) is 17.2. The van der Waals surface area contributed by atoms with Crippen molar-refractivity contribution in [3.05, 3.63) is 41.2 Å². The molecule has 0 bridgehead atoms. The van der Waals surface area contributed by atoms with E-state index in [9.17, 15) is 5.11 Å². The SMILES string of the molecule is CC(C)c1noc(N[C@H]2c3ccccc3C[C@H]2O)n1. The molecule has 1 aliphatic carbocycles. The summed E-state index contributed by atoms with van der Waals surface area (Å²) in [6, 6.07) is 8.19. The molecule has 0 amide bonds. The first-order valence-corrected chi connectivity index (χ1v) is 6.51. The van der Waals surface area contributed by atoms with Crippen molar-refractivity contribution in [1.29, 1.82) is 0 Å². The first-order chi connectivity index (χ1) is 9.15. The second kappa shape index (κ2) is 4.66. The number of anilines is 1. The molecule has 2 atom stereocenters. The van der Waals surface area contributed by atoms with Crippen LogP contribution >= 0.6 is 0 Å². The van der Waals surface area contributed by atoms with E-state index in [0.29, 0.717) is 18.3 Å². The van der Waals surface area contributed by atoms with Crippen LogP contribution in [0.2, 0.25) is 0 Å². The molecule has 3 rings (SSSR count). The molecule has 5 nitrogen and oxygen atoms in total. The van der Waals surface area contributed by atoms with Crippen molar-refractivity contribution in [3.63, 3.8) is 0 Å². The summed E-state index contributed by atoms with van der Waals surface area (Å²) in [5.41, 5.74) is 2.26.